The third-order valence-corrected chi connectivity index (χ3v) is 4.54. The average Bonchev–Trinajstić information content (AvgIpc) is 2.24. The lowest BCUT2D eigenvalue weighted by Crippen LogP contribution is -2.41. The largest absolute Gasteiger partial charge is 0.480 e. The van der Waals surface area contributed by atoms with Gasteiger partial charge in [-0.25, -0.2) is 8.42 Å². The minimum Gasteiger partial charge on any atom is -0.480 e. The van der Waals surface area contributed by atoms with Crippen LogP contribution in [0.25, 0.3) is 0 Å². The van der Waals surface area contributed by atoms with E-state index in [1.54, 1.807) is 13.8 Å². The summed E-state index contributed by atoms with van der Waals surface area (Å²) in [6.07, 6.45) is 0.169. The molecule has 0 aromatic carbocycles. The number of aliphatic carboxylic acids is 1. The fourth-order valence-corrected chi connectivity index (χ4v) is 2.61. The predicted molar refractivity (Wildman–Crippen MR) is 62.7 cm³/mol. The Kier molecular flexibility index (Phi) is 5.11. The molecule has 0 radical (unpaired) electrons. The Labute approximate surface area is 102 Å². The second-order valence-electron chi connectivity index (χ2n) is 4.59. The Morgan fingerprint density at radius 3 is 2.35 bits per heavy atom. The van der Waals surface area contributed by atoms with Gasteiger partial charge in [0.1, 0.15) is 6.04 Å². The van der Waals surface area contributed by atoms with Crippen LogP contribution in [0.4, 0.5) is 0 Å². The molecule has 1 unspecified atom stereocenters. The Hall–Kier alpha value is -1.13. The normalized spacial score (nSPS) is 14.4. The molecule has 0 fully saturated rings. The van der Waals surface area contributed by atoms with E-state index in [0.717, 1.165) is 4.31 Å². The number of sulfonamides is 1. The Bertz CT molecular complexity index is 422. The summed E-state index contributed by atoms with van der Waals surface area (Å²) in [5, 5.41) is 17.5. The van der Waals surface area contributed by atoms with Gasteiger partial charge in [-0.1, -0.05) is 0 Å². The van der Waals surface area contributed by atoms with Crippen molar-refractivity contribution in [3.8, 4) is 6.07 Å². The smallest absolute Gasteiger partial charge is 0.321 e. The number of likely N-dealkylation sites (N-methyl/N-ethyl adjacent to an activating group) is 1. The van der Waals surface area contributed by atoms with Crippen LogP contribution in [0.3, 0.4) is 0 Å². The highest BCUT2D eigenvalue weighted by Gasteiger charge is 2.29. The van der Waals surface area contributed by atoms with Gasteiger partial charge in [-0.3, -0.25) is 4.79 Å². The fraction of sp³-hybridized carbons (Fsp3) is 0.800. The molecule has 0 saturated heterocycles. The summed E-state index contributed by atoms with van der Waals surface area (Å²) in [6.45, 7) is 4.58. The number of carbonyl (C=O) groups is 1. The lowest BCUT2D eigenvalue weighted by molar-refractivity contribution is -0.140. The minimum atomic E-state index is -3.65. The predicted octanol–water partition coefficient (Wildman–Crippen LogP) is 0.661. The molecule has 0 aromatic rings. The van der Waals surface area contributed by atoms with Gasteiger partial charge < -0.3 is 5.11 Å². The molecule has 0 saturated carbocycles. The molecular weight excluding hydrogens is 244 g/mol. The Morgan fingerprint density at radius 2 is 2.00 bits per heavy atom. The van der Waals surface area contributed by atoms with Gasteiger partial charge in [0.2, 0.25) is 10.0 Å². The molecule has 1 N–H and O–H groups in total. The molecule has 0 spiro atoms. The summed E-state index contributed by atoms with van der Waals surface area (Å²) < 4.78 is 24.4. The molecule has 0 heterocycles. The SMILES string of the molecule is CC(C(=O)O)N(C)S(=O)(=O)CCC(C)(C)C#N. The molecule has 98 valence electrons. The summed E-state index contributed by atoms with van der Waals surface area (Å²) >= 11 is 0. The summed E-state index contributed by atoms with van der Waals surface area (Å²) in [4.78, 5) is 10.7. The maximum absolute atomic E-state index is 11.8. The highest BCUT2D eigenvalue weighted by molar-refractivity contribution is 7.89. The van der Waals surface area contributed by atoms with Crippen molar-refractivity contribution in [2.45, 2.75) is 33.2 Å². The van der Waals surface area contributed by atoms with Gasteiger partial charge in [0.25, 0.3) is 0 Å². The first-order chi connectivity index (χ1) is 7.53. The summed E-state index contributed by atoms with van der Waals surface area (Å²) in [5.74, 6) is -1.43. The number of hydrogen-bond donors (Lipinski definition) is 1. The van der Waals surface area contributed by atoms with Crippen LogP contribution in [-0.2, 0) is 14.8 Å². The van der Waals surface area contributed by atoms with E-state index in [9.17, 15) is 13.2 Å². The van der Waals surface area contributed by atoms with Crippen molar-refractivity contribution in [1.82, 2.24) is 4.31 Å². The minimum absolute atomic E-state index is 0.169. The molecule has 0 rings (SSSR count). The zero-order valence-electron chi connectivity index (χ0n) is 10.5. The van der Waals surface area contributed by atoms with Crippen LogP contribution >= 0.6 is 0 Å². The van der Waals surface area contributed by atoms with E-state index in [1.165, 1.54) is 14.0 Å². The van der Waals surface area contributed by atoms with Crippen LogP contribution in [0.15, 0.2) is 0 Å². The van der Waals surface area contributed by atoms with Crippen molar-refractivity contribution in [3.05, 3.63) is 0 Å². The van der Waals surface area contributed by atoms with Crippen LogP contribution < -0.4 is 0 Å². The lowest BCUT2D eigenvalue weighted by Gasteiger charge is -2.23. The van der Waals surface area contributed by atoms with E-state index in [1.807, 2.05) is 6.07 Å². The third-order valence-electron chi connectivity index (χ3n) is 2.63. The van der Waals surface area contributed by atoms with Gasteiger partial charge in [-0.05, 0) is 27.2 Å². The third kappa shape index (κ3) is 4.71. The lowest BCUT2D eigenvalue weighted by atomic mass is 9.93. The number of carboxylic acid groups (broad SMARTS) is 1. The molecule has 1 atom stereocenters. The van der Waals surface area contributed by atoms with Gasteiger partial charge >= 0.3 is 5.97 Å². The van der Waals surface area contributed by atoms with E-state index >= 15 is 0 Å². The quantitative estimate of drug-likeness (QED) is 0.758. The first kappa shape index (κ1) is 15.9. The number of nitriles is 1. The molecule has 6 nitrogen and oxygen atoms in total. The first-order valence-electron chi connectivity index (χ1n) is 5.13. The molecule has 0 bridgehead atoms. The number of rotatable bonds is 6. The number of nitrogens with zero attached hydrogens (tertiary/aromatic N) is 2. The van der Waals surface area contributed by atoms with E-state index in [2.05, 4.69) is 0 Å². The standard InChI is InChI=1S/C10H18N2O4S/c1-8(9(13)14)12(4)17(15,16)6-5-10(2,3)7-11/h8H,5-6H2,1-4H3,(H,13,14). The molecule has 0 amide bonds. The molecule has 17 heavy (non-hydrogen) atoms. The zero-order chi connectivity index (χ0) is 13.9. The number of hydrogen-bond acceptors (Lipinski definition) is 4. The monoisotopic (exact) mass is 262 g/mol. The van der Waals surface area contributed by atoms with Crippen molar-refractivity contribution < 1.29 is 18.3 Å². The number of carboxylic acids is 1. The molecule has 0 aliphatic heterocycles. The first-order valence-corrected chi connectivity index (χ1v) is 6.74. The summed E-state index contributed by atoms with van der Waals surface area (Å²) in [5.41, 5.74) is -0.736. The fourth-order valence-electron chi connectivity index (χ4n) is 0.980. The second-order valence-corrected chi connectivity index (χ2v) is 6.74. The van der Waals surface area contributed by atoms with Gasteiger partial charge in [0, 0.05) is 7.05 Å². The molecule has 0 aliphatic carbocycles. The summed E-state index contributed by atoms with van der Waals surface area (Å²) in [7, 11) is -2.42. The molecular formula is C10H18N2O4S. The van der Waals surface area contributed by atoms with Crippen LogP contribution in [0.5, 0.6) is 0 Å². The van der Waals surface area contributed by atoms with Gasteiger partial charge in [0.15, 0.2) is 0 Å². The Balaban J connectivity index is 4.72. The van der Waals surface area contributed by atoms with Crippen LogP contribution in [0.1, 0.15) is 27.2 Å². The average molecular weight is 262 g/mol. The van der Waals surface area contributed by atoms with Crippen molar-refractivity contribution >= 4 is 16.0 Å². The molecule has 0 aliphatic rings. The van der Waals surface area contributed by atoms with Gasteiger partial charge in [-0.15, -0.1) is 0 Å². The van der Waals surface area contributed by atoms with Gasteiger partial charge in [-0.2, -0.15) is 9.57 Å². The topological polar surface area (TPSA) is 98.5 Å². The highest BCUT2D eigenvalue weighted by atomic mass is 32.2. The summed E-state index contributed by atoms with van der Waals surface area (Å²) in [6, 6.07) is 0.899. The van der Waals surface area contributed by atoms with Crippen molar-refractivity contribution in [1.29, 1.82) is 5.26 Å². The molecule has 7 heteroatoms. The van der Waals surface area contributed by atoms with E-state index in [-0.39, 0.29) is 12.2 Å². The van der Waals surface area contributed by atoms with Crippen LogP contribution in [0.2, 0.25) is 0 Å². The van der Waals surface area contributed by atoms with Crippen molar-refractivity contribution in [2.75, 3.05) is 12.8 Å². The zero-order valence-corrected chi connectivity index (χ0v) is 11.3. The van der Waals surface area contributed by atoms with Crippen LogP contribution in [0, 0.1) is 16.7 Å². The van der Waals surface area contributed by atoms with Gasteiger partial charge in [0.05, 0.1) is 17.2 Å². The van der Waals surface area contributed by atoms with Crippen LogP contribution in [-0.4, -0.2) is 42.6 Å². The van der Waals surface area contributed by atoms with E-state index < -0.39 is 27.4 Å². The maximum Gasteiger partial charge on any atom is 0.321 e. The maximum atomic E-state index is 11.8. The Morgan fingerprint density at radius 1 is 1.53 bits per heavy atom. The van der Waals surface area contributed by atoms with Crippen molar-refractivity contribution in [2.24, 2.45) is 5.41 Å². The van der Waals surface area contributed by atoms with Crippen molar-refractivity contribution in [3.63, 3.8) is 0 Å². The molecule has 0 aromatic heterocycles. The second kappa shape index (κ2) is 5.47. The highest BCUT2D eigenvalue weighted by Crippen LogP contribution is 2.20. The van der Waals surface area contributed by atoms with E-state index in [0.29, 0.717) is 0 Å². The van der Waals surface area contributed by atoms with E-state index in [4.69, 9.17) is 10.4 Å².